The molecule has 0 aliphatic carbocycles. The maximum absolute atomic E-state index is 11.3. The molecule has 0 aromatic heterocycles. The molecule has 0 saturated heterocycles. The zero-order chi connectivity index (χ0) is 15.0. The van der Waals surface area contributed by atoms with Crippen LogP contribution in [0.2, 0.25) is 0 Å². The van der Waals surface area contributed by atoms with Gasteiger partial charge in [-0.2, -0.15) is 0 Å². The number of aryl methyl sites for hydroxylation is 5. The molecule has 2 nitrogen and oxygen atoms in total. The summed E-state index contributed by atoms with van der Waals surface area (Å²) < 4.78 is 0. The molecule has 2 aromatic carbocycles. The number of carbonyl (C=O) groups is 1. The van der Waals surface area contributed by atoms with Crippen LogP contribution in [-0.2, 0) is 0 Å². The third-order valence-electron chi connectivity index (χ3n) is 3.75. The van der Waals surface area contributed by atoms with E-state index in [0.717, 1.165) is 22.3 Å². The molecule has 0 aliphatic rings. The van der Waals surface area contributed by atoms with Crippen molar-refractivity contribution in [1.29, 1.82) is 0 Å². The number of hydrogen-bond acceptors (Lipinski definition) is 1. The van der Waals surface area contributed by atoms with Crippen LogP contribution in [0.1, 0.15) is 38.2 Å². The van der Waals surface area contributed by atoms with Crippen LogP contribution < -0.4 is 0 Å². The molecule has 2 aromatic rings. The van der Waals surface area contributed by atoms with Gasteiger partial charge < -0.3 is 5.11 Å². The number of rotatable bonds is 2. The minimum absolute atomic E-state index is 0.380. The zero-order valence-corrected chi connectivity index (χ0v) is 12.7. The van der Waals surface area contributed by atoms with Crippen molar-refractivity contribution in [3.8, 4) is 11.1 Å². The highest BCUT2D eigenvalue weighted by Gasteiger charge is 2.14. The first kappa shape index (κ1) is 14.3. The lowest BCUT2D eigenvalue weighted by molar-refractivity contribution is 0.0696. The molecule has 2 rings (SSSR count). The van der Waals surface area contributed by atoms with Crippen LogP contribution in [0.5, 0.6) is 0 Å². The summed E-state index contributed by atoms with van der Waals surface area (Å²) in [4.78, 5) is 11.3. The van der Waals surface area contributed by atoms with Gasteiger partial charge in [-0.1, -0.05) is 23.8 Å². The summed E-state index contributed by atoms with van der Waals surface area (Å²) in [5, 5.41) is 9.31. The normalized spacial score (nSPS) is 10.7. The molecule has 0 fully saturated rings. The summed E-state index contributed by atoms with van der Waals surface area (Å²) >= 11 is 0. The van der Waals surface area contributed by atoms with Crippen molar-refractivity contribution in [2.24, 2.45) is 0 Å². The maximum atomic E-state index is 11.3. The predicted octanol–water partition coefficient (Wildman–Crippen LogP) is 4.59. The van der Waals surface area contributed by atoms with E-state index in [2.05, 4.69) is 32.9 Å². The Morgan fingerprint density at radius 1 is 0.800 bits per heavy atom. The maximum Gasteiger partial charge on any atom is 0.335 e. The second-order valence-corrected chi connectivity index (χ2v) is 5.56. The standard InChI is InChI=1S/C18H20O2/c1-10-6-13(4)17(14(5)7-10)15-9-16(18(19)20)12(3)8-11(15)2/h6-9H,1-5H3,(H,19,20). The van der Waals surface area contributed by atoms with Crippen LogP contribution in [-0.4, -0.2) is 11.1 Å². The summed E-state index contributed by atoms with van der Waals surface area (Å²) in [6, 6.07) is 8.04. The van der Waals surface area contributed by atoms with Gasteiger partial charge in [0.2, 0.25) is 0 Å². The van der Waals surface area contributed by atoms with Crippen LogP contribution in [0.3, 0.4) is 0 Å². The van der Waals surface area contributed by atoms with E-state index < -0.39 is 5.97 Å². The number of benzene rings is 2. The van der Waals surface area contributed by atoms with Gasteiger partial charge in [-0.3, -0.25) is 0 Å². The lowest BCUT2D eigenvalue weighted by Gasteiger charge is -2.16. The second kappa shape index (κ2) is 5.12. The highest BCUT2D eigenvalue weighted by molar-refractivity contribution is 5.92. The van der Waals surface area contributed by atoms with Gasteiger partial charge in [0.25, 0.3) is 0 Å². The molecular weight excluding hydrogens is 248 g/mol. The quantitative estimate of drug-likeness (QED) is 0.864. The molecule has 2 heteroatoms. The molecule has 0 bridgehead atoms. The Morgan fingerprint density at radius 2 is 1.35 bits per heavy atom. The van der Waals surface area contributed by atoms with Gasteiger partial charge in [0.15, 0.2) is 0 Å². The predicted molar refractivity (Wildman–Crippen MR) is 82.5 cm³/mol. The Kier molecular flexibility index (Phi) is 3.67. The van der Waals surface area contributed by atoms with Crippen molar-refractivity contribution < 1.29 is 9.90 Å². The van der Waals surface area contributed by atoms with E-state index in [0.29, 0.717) is 5.56 Å². The van der Waals surface area contributed by atoms with E-state index in [1.807, 2.05) is 19.9 Å². The molecule has 20 heavy (non-hydrogen) atoms. The van der Waals surface area contributed by atoms with E-state index in [1.165, 1.54) is 16.7 Å². The van der Waals surface area contributed by atoms with Crippen LogP contribution >= 0.6 is 0 Å². The van der Waals surface area contributed by atoms with Crippen molar-refractivity contribution in [2.75, 3.05) is 0 Å². The summed E-state index contributed by atoms with van der Waals surface area (Å²) in [5.41, 5.74) is 8.07. The third kappa shape index (κ3) is 2.46. The van der Waals surface area contributed by atoms with Crippen LogP contribution in [0, 0.1) is 34.6 Å². The smallest absolute Gasteiger partial charge is 0.335 e. The first-order valence-electron chi connectivity index (χ1n) is 6.74. The Hall–Kier alpha value is -2.09. The minimum Gasteiger partial charge on any atom is -0.478 e. The fourth-order valence-electron chi connectivity index (χ4n) is 2.96. The fourth-order valence-corrected chi connectivity index (χ4v) is 2.96. The molecule has 0 amide bonds. The summed E-state index contributed by atoms with van der Waals surface area (Å²) in [7, 11) is 0. The highest BCUT2D eigenvalue weighted by Crippen LogP contribution is 2.32. The molecule has 1 N–H and O–H groups in total. The van der Waals surface area contributed by atoms with Crippen LogP contribution in [0.15, 0.2) is 24.3 Å². The molecule has 0 unspecified atom stereocenters. The molecule has 104 valence electrons. The van der Waals surface area contributed by atoms with Gasteiger partial charge in [-0.15, -0.1) is 0 Å². The van der Waals surface area contributed by atoms with E-state index >= 15 is 0 Å². The molecule has 0 saturated carbocycles. The topological polar surface area (TPSA) is 37.3 Å². The van der Waals surface area contributed by atoms with Gasteiger partial charge >= 0.3 is 5.97 Å². The third-order valence-corrected chi connectivity index (χ3v) is 3.75. The van der Waals surface area contributed by atoms with Gasteiger partial charge in [0, 0.05) is 0 Å². The molecule has 0 spiro atoms. The van der Waals surface area contributed by atoms with Crippen molar-refractivity contribution >= 4 is 5.97 Å². The van der Waals surface area contributed by atoms with Gasteiger partial charge in [-0.05, 0) is 74.1 Å². The number of carboxylic acid groups (broad SMARTS) is 1. The number of carboxylic acids is 1. The van der Waals surface area contributed by atoms with Gasteiger partial charge in [0.1, 0.15) is 0 Å². The largest absolute Gasteiger partial charge is 0.478 e. The fraction of sp³-hybridized carbons (Fsp3) is 0.278. The average molecular weight is 268 g/mol. The first-order chi connectivity index (χ1) is 9.31. The average Bonchev–Trinajstić information content (AvgIpc) is 2.29. The van der Waals surface area contributed by atoms with Crippen LogP contribution in [0.4, 0.5) is 0 Å². The van der Waals surface area contributed by atoms with E-state index in [-0.39, 0.29) is 0 Å². The Morgan fingerprint density at radius 3 is 1.85 bits per heavy atom. The van der Waals surface area contributed by atoms with E-state index in [1.54, 1.807) is 6.07 Å². The summed E-state index contributed by atoms with van der Waals surface area (Å²) in [5.74, 6) is -0.869. The van der Waals surface area contributed by atoms with Gasteiger partial charge in [0.05, 0.1) is 5.56 Å². The molecule has 0 atom stereocenters. The number of hydrogen-bond donors (Lipinski definition) is 1. The second-order valence-electron chi connectivity index (χ2n) is 5.56. The Balaban J connectivity index is 2.76. The van der Waals surface area contributed by atoms with Crippen LogP contribution in [0.25, 0.3) is 11.1 Å². The van der Waals surface area contributed by atoms with Crippen molar-refractivity contribution in [2.45, 2.75) is 34.6 Å². The molecule has 0 aliphatic heterocycles. The van der Waals surface area contributed by atoms with Gasteiger partial charge in [-0.25, -0.2) is 4.79 Å². The van der Waals surface area contributed by atoms with E-state index in [4.69, 9.17) is 0 Å². The minimum atomic E-state index is -0.869. The Bertz CT molecular complexity index is 674. The van der Waals surface area contributed by atoms with Crippen molar-refractivity contribution in [3.63, 3.8) is 0 Å². The number of aromatic carboxylic acids is 1. The highest BCUT2D eigenvalue weighted by atomic mass is 16.4. The van der Waals surface area contributed by atoms with Crippen molar-refractivity contribution in [3.05, 3.63) is 57.6 Å². The zero-order valence-electron chi connectivity index (χ0n) is 12.7. The summed E-state index contributed by atoms with van der Waals surface area (Å²) in [6.45, 7) is 10.1. The monoisotopic (exact) mass is 268 g/mol. The van der Waals surface area contributed by atoms with Crippen molar-refractivity contribution in [1.82, 2.24) is 0 Å². The molecule has 0 radical (unpaired) electrons. The molecule has 0 heterocycles. The summed E-state index contributed by atoms with van der Waals surface area (Å²) in [6.07, 6.45) is 0. The van der Waals surface area contributed by atoms with E-state index in [9.17, 15) is 9.90 Å². The Labute approximate surface area is 120 Å². The SMILES string of the molecule is Cc1cc(C)c(-c2cc(C(=O)O)c(C)cc2C)c(C)c1. The first-order valence-corrected chi connectivity index (χ1v) is 6.74. The lowest BCUT2D eigenvalue weighted by atomic mass is 9.89. The molecular formula is C18H20O2. The lowest BCUT2D eigenvalue weighted by Crippen LogP contribution is -2.02.